The van der Waals surface area contributed by atoms with Crippen molar-refractivity contribution in [2.45, 2.75) is 0 Å². The lowest BCUT2D eigenvalue weighted by molar-refractivity contribution is 0.585. The Balaban J connectivity index is 1.97. The Morgan fingerprint density at radius 1 is 0.947 bits per heavy atom. The summed E-state index contributed by atoms with van der Waals surface area (Å²) in [6.45, 7) is 0. The molecular formula is C14H8ClFN2S. The molecule has 2 nitrogen and oxygen atoms in total. The molecule has 94 valence electrons. The maximum atomic E-state index is 13.1. The second-order valence-electron chi connectivity index (χ2n) is 3.89. The van der Waals surface area contributed by atoms with Crippen molar-refractivity contribution in [3.05, 3.63) is 58.8 Å². The van der Waals surface area contributed by atoms with E-state index in [1.54, 1.807) is 12.1 Å². The van der Waals surface area contributed by atoms with Gasteiger partial charge in [-0.25, -0.2) is 9.97 Å². The van der Waals surface area contributed by atoms with Gasteiger partial charge >= 0.3 is 0 Å². The number of halogens is 2. The van der Waals surface area contributed by atoms with Gasteiger partial charge in [-0.2, -0.15) is 4.39 Å². The topological polar surface area (TPSA) is 25.8 Å². The van der Waals surface area contributed by atoms with Gasteiger partial charge < -0.3 is 0 Å². The lowest BCUT2D eigenvalue weighted by atomic mass is 10.2. The van der Waals surface area contributed by atoms with Crippen LogP contribution in [0.15, 0.2) is 47.8 Å². The van der Waals surface area contributed by atoms with Crippen molar-refractivity contribution in [2.24, 2.45) is 0 Å². The Morgan fingerprint density at radius 3 is 2.47 bits per heavy atom. The summed E-state index contributed by atoms with van der Waals surface area (Å²) in [5, 5.41) is 3.31. The van der Waals surface area contributed by atoms with Crippen LogP contribution in [-0.2, 0) is 0 Å². The molecule has 0 unspecified atom stereocenters. The zero-order valence-electron chi connectivity index (χ0n) is 9.68. The van der Waals surface area contributed by atoms with Gasteiger partial charge in [0.1, 0.15) is 10.7 Å². The van der Waals surface area contributed by atoms with Gasteiger partial charge in [0.05, 0.1) is 5.69 Å². The lowest BCUT2D eigenvalue weighted by Crippen LogP contribution is -1.86. The highest BCUT2D eigenvalue weighted by molar-refractivity contribution is 7.13. The average molecular weight is 291 g/mol. The molecule has 0 aliphatic carbocycles. The predicted octanol–water partition coefficient (Wildman–Crippen LogP) is 4.66. The molecule has 5 heteroatoms. The first-order chi connectivity index (χ1) is 9.22. The largest absolute Gasteiger partial charge is 0.234 e. The molecular weight excluding hydrogens is 283 g/mol. The quantitative estimate of drug-likeness (QED) is 0.641. The van der Waals surface area contributed by atoms with E-state index in [1.165, 1.54) is 17.4 Å². The van der Waals surface area contributed by atoms with Crippen molar-refractivity contribution in [1.29, 1.82) is 0 Å². The zero-order valence-corrected chi connectivity index (χ0v) is 11.2. The van der Waals surface area contributed by atoms with Gasteiger partial charge in [0.2, 0.25) is 5.95 Å². The van der Waals surface area contributed by atoms with Crippen LogP contribution in [0, 0.1) is 5.95 Å². The summed E-state index contributed by atoms with van der Waals surface area (Å²) in [6, 6.07) is 12.1. The van der Waals surface area contributed by atoms with E-state index in [1.807, 2.05) is 29.6 Å². The number of hydrogen-bond acceptors (Lipinski definition) is 3. The summed E-state index contributed by atoms with van der Waals surface area (Å²) in [6.07, 6.45) is 0. The van der Waals surface area contributed by atoms with Crippen LogP contribution in [0.25, 0.3) is 22.0 Å². The SMILES string of the molecule is Fc1cccc(-c2nc(-c3ccc(Cl)cc3)cs2)n1. The number of hydrogen-bond donors (Lipinski definition) is 0. The molecule has 2 heterocycles. The van der Waals surface area contributed by atoms with Gasteiger partial charge in [-0.05, 0) is 24.3 Å². The number of rotatable bonds is 2. The van der Waals surface area contributed by atoms with Gasteiger partial charge in [0, 0.05) is 16.0 Å². The van der Waals surface area contributed by atoms with Crippen molar-refractivity contribution in [3.8, 4) is 22.0 Å². The summed E-state index contributed by atoms with van der Waals surface area (Å²) in [5.41, 5.74) is 2.36. The van der Waals surface area contributed by atoms with Gasteiger partial charge in [0.25, 0.3) is 0 Å². The highest BCUT2D eigenvalue weighted by Crippen LogP contribution is 2.28. The Morgan fingerprint density at radius 2 is 1.74 bits per heavy atom. The van der Waals surface area contributed by atoms with Gasteiger partial charge in [-0.1, -0.05) is 29.8 Å². The molecule has 0 radical (unpaired) electrons. The molecule has 1 aromatic carbocycles. The summed E-state index contributed by atoms with van der Waals surface area (Å²) in [7, 11) is 0. The Hall–Kier alpha value is -1.78. The zero-order chi connectivity index (χ0) is 13.2. The maximum absolute atomic E-state index is 13.1. The Bertz CT molecular complexity index is 709. The van der Waals surface area contributed by atoms with E-state index >= 15 is 0 Å². The molecule has 0 fully saturated rings. The molecule has 0 spiro atoms. The second-order valence-corrected chi connectivity index (χ2v) is 5.18. The third-order valence-corrected chi connectivity index (χ3v) is 3.70. The maximum Gasteiger partial charge on any atom is 0.213 e. The van der Waals surface area contributed by atoms with Crippen molar-refractivity contribution >= 4 is 22.9 Å². The molecule has 0 aliphatic rings. The first-order valence-electron chi connectivity index (χ1n) is 5.57. The molecule has 0 atom stereocenters. The lowest BCUT2D eigenvalue weighted by Gasteiger charge is -1.97. The van der Waals surface area contributed by atoms with E-state index in [4.69, 9.17) is 11.6 Å². The van der Waals surface area contributed by atoms with E-state index in [0.29, 0.717) is 15.7 Å². The van der Waals surface area contributed by atoms with Crippen LogP contribution in [0.3, 0.4) is 0 Å². The first kappa shape index (κ1) is 12.3. The standard InChI is InChI=1S/C14H8ClFN2S/c15-10-6-4-9(5-7-10)12-8-19-14(18-12)11-2-1-3-13(16)17-11/h1-8H. The van der Waals surface area contributed by atoms with Gasteiger partial charge in [0.15, 0.2) is 0 Å². The van der Waals surface area contributed by atoms with E-state index in [2.05, 4.69) is 9.97 Å². The minimum absolute atomic E-state index is 0.499. The van der Waals surface area contributed by atoms with Crippen molar-refractivity contribution < 1.29 is 4.39 Å². The van der Waals surface area contributed by atoms with E-state index in [-0.39, 0.29) is 0 Å². The van der Waals surface area contributed by atoms with Crippen LogP contribution in [0.4, 0.5) is 4.39 Å². The van der Waals surface area contributed by atoms with Crippen LogP contribution in [0.2, 0.25) is 5.02 Å². The molecule has 2 aromatic heterocycles. The smallest absolute Gasteiger partial charge is 0.213 e. The normalized spacial score (nSPS) is 10.6. The molecule has 3 aromatic rings. The van der Waals surface area contributed by atoms with Gasteiger partial charge in [-0.15, -0.1) is 11.3 Å². The average Bonchev–Trinajstić information content (AvgIpc) is 2.89. The highest BCUT2D eigenvalue weighted by Gasteiger charge is 2.08. The minimum Gasteiger partial charge on any atom is -0.234 e. The third-order valence-electron chi connectivity index (χ3n) is 2.58. The fourth-order valence-corrected chi connectivity index (χ4v) is 2.60. The molecule has 0 saturated carbocycles. The minimum atomic E-state index is -0.499. The fourth-order valence-electron chi connectivity index (χ4n) is 1.67. The molecule has 0 amide bonds. The summed E-state index contributed by atoms with van der Waals surface area (Å²) in [5.74, 6) is -0.499. The van der Waals surface area contributed by atoms with E-state index in [0.717, 1.165) is 11.3 Å². The van der Waals surface area contributed by atoms with Crippen LogP contribution < -0.4 is 0 Å². The monoisotopic (exact) mass is 290 g/mol. The molecule has 3 rings (SSSR count). The van der Waals surface area contributed by atoms with Crippen LogP contribution >= 0.6 is 22.9 Å². The molecule has 19 heavy (non-hydrogen) atoms. The summed E-state index contributed by atoms with van der Waals surface area (Å²) >= 11 is 7.29. The van der Waals surface area contributed by atoms with Crippen molar-refractivity contribution in [1.82, 2.24) is 9.97 Å². The van der Waals surface area contributed by atoms with Crippen molar-refractivity contribution in [2.75, 3.05) is 0 Å². The molecule has 0 bridgehead atoms. The van der Waals surface area contributed by atoms with Crippen LogP contribution in [0.5, 0.6) is 0 Å². The number of aromatic nitrogens is 2. The Labute approximate surface area is 118 Å². The molecule has 0 saturated heterocycles. The van der Waals surface area contributed by atoms with Crippen molar-refractivity contribution in [3.63, 3.8) is 0 Å². The number of nitrogens with zero attached hydrogens (tertiary/aromatic N) is 2. The third kappa shape index (κ3) is 2.64. The van der Waals surface area contributed by atoms with Crippen LogP contribution in [0.1, 0.15) is 0 Å². The highest BCUT2D eigenvalue weighted by atomic mass is 35.5. The molecule has 0 aliphatic heterocycles. The molecule has 0 N–H and O–H groups in total. The van der Waals surface area contributed by atoms with Gasteiger partial charge in [-0.3, -0.25) is 0 Å². The Kier molecular flexibility index (Phi) is 3.27. The van der Waals surface area contributed by atoms with E-state index in [9.17, 15) is 4.39 Å². The fraction of sp³-hybridized carbons (Fsp3) is 0. The van der Waals surface area contributed by atoms with E-state index < -0.39 is 5.95 Å². The number of benzene rings is 1. The first-order valence-corrected chi connectivity index (χ1v) is 6.82. The summed E-state index contributed by atoms with van der Waals surface area (Å²) < 4.78 is 13.1. The second kappa shape index (κ2) is 5.07. The summed E-state index contributed by atoms with van der Waals surface area (Å²) in [4.78, 5) is 8.29. The predicted molar refractivity (Wildman–Crippen MR) is 75.7 cm³/mol. The number of thiazole rings is 1. The van der Waals surface area contributed by atoms with Crippen LogP contribution in [-0.4, -0.2) is 9.97 Å². The number of pyridine rings is 1.